The normalized spacial score (nSPS) is 10.7. The molecule has 3 rings (SSSR count). The van der Waals surface area contributed by atoms with E-state index in [4.69, 9.17) is 0 Å². The van der Waals surface area contributed by atoms with E-state index in [1.54, 1.807) is 11.3 Å². The Labute approximate surface area is 135 Å². The van der Waals surface area contributed by atoms with Crippen LogP contribution in [0.5, 0.6) is 0 Å². The number of hydrogen-bond donors (Lipinski definition) is 3. The number of nitrogens with one attached hydrogen (secondary N) is 3. The van der Waals surface area contributed by atoms with Crippen LogP contribution in [-0.2, 0) is 6.42 Å². The molecule has 0 aliphatic carbocycles. The number of aromatic amines is 2. The van der Waals surface area contributed by atoms with Crippen LogP contribution < -0.4 is 11.0 Å². The zero-order chi connectivity index (χ0) is 16.2. The first-order valence-corrected chi connectivity index (χ1v) is 7.90. The Morgan fingerprint density at radius 1 is 1.30 bits per heavy atom. The zero-order valence-corrected chi connectivity index (χ0v) is 13.2. The first-order chi connectivity index (χ1) is 11.1. The van der Waals surface area contributed by atoms with E-state index in [1.165, 1.54) is 0 Å². The summed E-state index contributed by atoms with van der Waals surface area (Å²) in [5.41, 5.74) is 1.57. The monoisotopic (exact) mass is 329 g/mol. The lowest BCUT2D eigenvalue weighted by Crippen LogP contribution is -2.27. The van der Waals surface area contributed by atoms with Crippen LogP contribution in [0.15, 0.2) is 35.1 Å². The molecule has 3 aromatic rings. The topological polar surface area (TPSA) is 104 Å². The molecule has 7 nitrogen and oxygen atoms in total. The third kappa shape index (κ3) is 3.54. The largest absolute Gasteiger partial charge is 0.349 e. The third-order valence-corrected chi connectivity index (χ3v) is 4.26. The van der Waals surface area contributed by atoms with Gasteiger partial charge in [0.05, 0.1) is 10.7 Å². The van der Waals surface area contributed by atoms with E-state index in [0.717, 1.165) is 21.1 Å². The molecule has 2 aromatic heterocycles. The SMILES string of the molecule is Cc1sc(CCNC(=O)c2n[nH]c(=O)[nH]2)nc1-c1ccccc1. The standard InChI is InChI=1S/C15H15N5O2S/c1-9-12(10-5-3-2-4-6-10)17-11(23-9)7-8-16-14(21)13-18-15(22)20-19-13/h2-6H,7-8H2,1H3,(H,16,21)(H2,18,19,20,22). The number of H-pyrrole nitrogens is 2. The molecule has 0 saturated heterocycles. The molecular formula is C15H15N5O2S. The fourth-order valence-corrected chi connectivity index (χ4v) is 3.12. The molecule has 23 heavy (non-hydrogen) atoms. The van der Waals surface area contributed by atoms with Crippen molar-refractivity contribution in [2.45, 2.75) is 13.3 Å². The second-order valence-electron chi connectivity index (χ2n) is 4.91. The fourth-order valence-electron chi connectivity index (χ4n) is 2.17. The van der Waals surface area contributed by atoms with E-state index in [1.807, 2.05) is 37.3 Å². The lowest BCUT2D eigenvalue weighted by Gasteiger charge is -2.00. The van der Waals surface area contributed by atoms with Gasteiger partial charge in [-0.25, -0.2) is 14.9 Å². The smallest absolute Gasteiger partial charge is 0.341 e. The minimum absolute atomic E-state index is 0.0182. The molecule has 0 atom stereocenters. The molecule has 0 saturated carbocycles. The number of carbonyl (C=O) groups is 1. The van der Waals surface area contributed by atoms with Crippen LogP contribution >= 0.6 is 11.3 Å². The van der Waals surface area contributed by atoms with Gasteiger partial charge in [0.15, 0.2) is 0 Å². The molecule has 0 spiro atoms. The summed E-state index contributed by atoms with van der Waals surface area (Å²) in [5.74, 6) is -0.435. The van der Waals surface area contributed by atoms with Gasteiger partial charge >= 0.3 is 5.69 Å². The highest BCUT2D eigenvalue weighted by molar-refractivity contribution is 7.12. The zero-order valence-electron chi connectivity index (χ0n) is 12.4. The van der Waals surface area contributed by atoms with Crippen LogP contribution in [0.25, 0.3) is 11.3 Å². The van der Waals surface area contributed by atoms with Gasteiger partial charge in [-0.3, -0.25) is 9.78 Å². The van der Waals surface area contributed by atoms with Crippen molar-refractivity contribution in [2.24, 2.45) is 0 Å². The van der Waals surface area contributed by atoms with Gasteiger partial charge in [0, 0.05) is 23.4 Å². The lowest BCUT2D eigenvalue weighted by atomic mass is 10.1. The van der Waals surface area contributed by atoms with Gasteiger partial charge in [-0.1, -0.05) is 30.3 Å². The molecule has 1 amide bonds. The number of aromatic nitrogens is 4. The maximum absolute atomic E-state index is 11.8. The summed E-state index contributed by atoms with van der Waals surface area (Å²) in [7, 11) is 0. The van der Waals surface area contributed by atoms with Gasteiger partial charge in [-0.15, -0.1) is 16.4 Å². The van der Waals surface area contributed by atoms with Crippen molar-refractivity contribution in [1.82, 2.24) is 25.5 Å². The number of thiazole rings is 1. The molecule has 0 radical (unpaired) electrons. The Hall–Kier alpha value is -2.74. The number of aryl methyl sites for hydroxylation is 1. The van der Waals surface area contributed by atoms with E-state index >= 15 is 0 Å². The summed E-state index contributed by atoms with van der Waals surface area (Å²) < 4.78 is 0. The van der Waals surface area contributed by atoms with Crippen LogP contribution in [0.2, 0.25) is 0 Å². The third-order valence-electron chi connectivity index (χ3n) is 3.23. The summed E-state index contributed by atoms with van der Waals surface area (Å²) in [4.78, 5) is 30.8. The van der Waals surface area contributed by atoms with Crippen LogP contribution in [-0.4, -0.2) is 32.6 Å². The van der Waals surface area contributed by atoms with Crippen LogP contribution in [0.4, 0.5) is 0 Å². The van der Waals surface area contributed by atoms with Crippen LogP contribution in [0.3, 0.4) is 0 Å². The average Bonchev–Trinajstić information content (AvgIpc) is 3.14. The molecule has 118 valence electrons. The summed E-state index contributed by atoms with van der Waals surface area (Å²) in [6.07, 6.45) is 0.624. The lowest BCUT2D eigenvalue weighted by molar-refractivity contribution is 0.0944. The van der Waals surface area contributed by atoms with Crippen molar-refractivity contribution in [3.8, 4) is 11.3 Å². The first kappa shape index (κ1) is 15.2. The van der Waals surface area contributed by atoms with Gasteiger partial charge in [0.1, 0.15) is 0 Å². The Morgan fingerprint density at radius 2 is 2.09 bits per heavy atom. The van der Waals surface area contributed by atoms with Gasteiger partial charge in [-0.05, 0) is 6.92 Å². The highest BCUT2D eigenvalue weighted by Gasteiger charge is 2.12. The summed E-state index contributed by atoms with van der Waals surface area (Å²) in [6, 6.07) is 10.0. The van der Waals surface area contributed by atoms with Crippen molar-refractivity contribution in [2.75, 3.05) is 6.54 Å². The second-order valence-corrected chi connectivity index (χ2v) is 6.20. The number of hydrogen-bond acceptors (Lipinski definition) is 5. The highest BCUT2D eigenvalue weighted by atomic mass is 32.1. The molecule has 0 fully saturated rings. The molecular weight excluding hydrogens is 314 g/mol. The molecule has 0 aliphatic rings. The van der Waals surface area contributed by atoms with Crippen molar-refractivity contribution in [3.63, 3.8) is 0 Å². The minimum atomic E-state index is -0.502. The maximum Gasteiger partial charge on any atom is 0.341 e. The summed E-state index contributed by atoms with van der Waals surface area (Å²) in [5, 5.41) is 9.40. The summed E-state index contributed by atoms with van der Waals surface area (Å²) >= 11 is 1.62. The van der Waals surface area contributed by atoms with E-state index in [0.29, 0.717) is 13.0 Å². The van der Waals surface area contributed by atoms with Crippen LogP contribution in [0.1, 0.15) is 20.5 Å². The number of amides is 1. The van der Waals surface area contributed by atoms with Gasteiger partial charge in [0.2, 0.25) is 5.82 Å². The van der Waals surface area contributed by atoms with Crippen molar-refractivity contribution < 1.29 is 4.79 Å². The van der Waals surface area contributed by atoms with Crippen molar-refractivity contribution >= 4 is 17.2 Å². The second kappa shape index (κ2) is 6.57. The Bertz CT molecular complexity index is 865. The average molecular weight is 329 g/mol. The molecule has 3 N–H and O–H groups in total. The number of rotatable bonds is 5. The molecule has 2 heterocycles. The van der Waals surface area contributed by atoms with E-state index < -0.39 is 11.6 Å². The predicted octanol–water partition coefficient (Wildman–Crippen LogP) is 1.50. The Balaban J connectivity index is 1.61. The van der Waals surface area contributed by atoms with Gasteiger partial charge < -0.3 is 5.32 Å². The van der Waals surface area contributed by atoms with Crippen molar-refractivity contribution in [3.05, 3.63) is 56.5 Å². The number of nitrogens with zero attached hydrogens (tertiary/aromatic N) is 2. The highest BCUT2D eigenvalue weighted by Crippen LogP contribution is 2.27. The summed E-state index contributed by atoms with van der Waals surface area (Å²) in [6.45, 7) is 2.46. The van der Waals surface area contributed by atoms with E-state index in [9.17, 15) is 9.59 Å². The predicted molar refractivity (Wildman–Crippen MR) is 87.5 cm³/mol. The van der Waals surface area contributed by atoms with Gasteiger partial charge in [-0.2, -0.15) is 0 Å². The molecule has 8 heteroatoms. The first-order valence-electron chi connectivity index (χ1n) is 7.08. The maximum atomic E-state index is 11.8. The quantitative estimate of drug-likeness (QED) is 0.660. The molecule has 0 bridgehead atoms. The minimum Gasteiger partial charge on any atom is -0.349 e. The molecule has 0 aliphatic heterocycles. The van der Waals surface area contributed by atoms with Crippen LogP contribution in [0, 0.1) is 6.92 Å². The van der Waals surface area contributed by atoms with Gasteiger partial charge in [0.25, 0.3) is 5.91 Å². The Morgan fingerprint density at radius 3 is 2.78 bits per heavy atom. The van der Waals surface area contributed by atoms with Crippen molar-refractivity contribution in [1.29, 1.82) is 0 Å². The fraction of sp³-hybridized carbons (Fsp3) is 0.200. The number of carbonyl (C=O) groups excluding carboxylic acids is 1. The molecule has 0 unspecified atom stereocenters. The molecule has 1 aromatic carbocycles. The van der Waals surface area contributed by atoms with E-state index in [2.05, 4.69) is 25.5 Å². The van der Waals surface area contributed by atoms with E-state index in [-0.39, 0.29) is 5.82 Å². The number of benzene rings is 1. The Kier molecular flexibility index (Phi) is 4.33.